The number of amides is 1. The quantitative estimate of drug-likeness (QED) is 0.415. The number of likely N-dealkylation sites (tertiary alicyclic amines) is 1. The molecule has 0 aromatic carbocycles. The second-order valence-electron chi connectivity index (χ2n) is 3.99. The lowest BCUT2D eigenvalue weighted by Crippen LogP contribution is -2.71. The lowest BCUT2D eigenvalue weighted by molar-refractivity contribution is -0.221. The number of carbonyl (C=O) groups is 3. The van der Waals surface area contributed by atoms with E-state index in [1.807, 2.05) is 0 Å². The molecule has 3 atom stereocenters. The summed E-state index contributed by atoms with van der Waals surface area (Å²) in [5, 5.41) is 9.07. The Morgan fingerprint density at radius 3 is 2.33 bits per heavy atom. The maximum absolute atomic E-state index is 11.7. The minimum Gasteiger partial charge on any atom is -0.479 e. The number of carbonyl (C=O) groups excluding carboxylic acids is 2. The van der Waals surface area contributed by atoms with Gasteiger partial charge < -0.3 is 14.6 Å². The molecule has 1 saturated heterocycles. The highest BCUT2D eigenvalue weighted by Gasteiger charge is 2.55. The summed E-state index contributed by atoms with van der Waals surface area (Å²) in [6.45, 7) is 6.18. The van der Waals surface area contributed by atoms with Gasteiger partial charge in [0.2, 0.25) is 6.23 Å². The monoisotopic (exact) mass is 257 g/mol. The van der Waals surface area contributed by atoms with E-state index in [1.54, 1.807) is 0 Å². The molecule has 1 aliphatic heterocycles. The van der Waals surface area contributed by atoms with Crippen molar-refractivity contribution in [3.8, 4) is 0 Å². The van der Waals surface area contributed by atoms with E-state index in [2.05, 4.69) is 6.58 Å². The highest BCUT2D eigenvalue weighted by molar-refractivity contribution is 5.94. The number of hydrogen-bond donors (Lipinski definition) is 1. The number of methoxy groups -OCH3 is 1. The summed E-state index contributed by atoms with van der Waals surface area (Å²) < 4.78 is 9.75. The second kappa shape index (κ2) is 5.18. The molecule has 100 valence electrons. The van der Waals surface area contributed by atoms with Crippen LogP contribution in [-0.4, -0.2) is 53.3 Å². The van der Waals surface area contributed by atoms with Crippen LogP contribution >= 0.6 is 0 Å². The van der Waals surface area contributed by atoms with Crippen LogP contribution in [-0.2, 0) is 23.9 Å². The highest BCUT2D eigenvalue weighted by atomic mass is 16.6. The van der Waals surface area contributed by atoms with E-state index >= 15 is 0 Å². The normalized spacial score (nSPS) is 24.2. The van der Waals surface area contributed by atoms with Gasteiger partial charge in [-0.25, -0.2) is 4.79 Å². The number of carboxylic acid groups (broad SMARTS) is 1. The summed E-state index contributed by atoms with van der Waals surface area (Å²) in [6, 6.07) is -1.23. The SMILES string of the molecule is C=C(C)C(C(=O)O)N1C(=O)[C@@H](OC)[C@H]1OC(C)=O. The van der Waals surface area contributed by atoms with Crippen LogP contribution in [0.5, 0.6) is 0 Å². The number of carboxylic acids is 1. The predicted octanol–water partition coefficient (Wildman–Crippen LogP) is -0.238. The number of ether oxygens (including phenoxy) is 2. The average Bonchev–Trinajstić information content (AvgIpc) is 2.23. The minimum absolute atomic E-state index is 0.266. The maximum Gasteiger partial charge on any atom is 0.330 e. The Balaban J connectivity index is 2.97. The molecular formula is C11H15NO6. The first-order valence-electron chi connectivity index (χ1n) is 5.21. The summed E-state index contributed by atoms with van der Waals surface area (Å²) >= 11 is 0. The first-order chi connectivity index (χ1) is 8.31. The van der Waals surface area contributed by atoms with E-state index in [-0.39, 0.29) is 5.57 Å². The zero-order valence-corrected chi connectivity index (χ0v) is 10.4. The standard InChI is InChI=1S/C11H15NO6/c1-5(2)7(11(15)16)12-9(14)8(17-4)10(12)18-6(3)13/h7-8,10H,1H2,2-4H3,(H,15,16)/t7?,8-,10-/m1/s1. The van der Waals surface area contributed by atoms with Gasteiger partial charge in [-0.05, 0) is 12.5 Å². The Bertz CT molecular complexity index is 390. The summed E-state index contributed by atoms with van der Waals surface area (Å²) in [5.74, 6) is -2.40. The molecule has 7 nitrogen and oxygen atoms in total. The van der Waals surface area contributed by atoms with E-state index in [9.17, 15) is 14.4 Å². The van der Waals surface area contributed by atoms with Crippen LogP contribution in [0, 0.1) is 0 Å². The molecule has 1 N–H and O–H groups in total. The van der Waals surface area contributed by atoms with E-state index < -0.39 is 36.2 Å². The van der Waals surface area contributed by atoms with Crippen LogP contribution in [0.1, 0.15) is 13.8 Å². The van der Waals surface area contributed by atoms with Crippen LogP contribution in [0.4, 0.5) is 0 Å². The van der Waals surface area contributed by atoms with E-state index in [4.69, 9.17) is 14.6 Å². The van der Waals surface area contributed by atoms with Gasteiger partial charge in [0.1, 0.15) is 0 Å². The Hall–Kier alpha value is -1.89. The average molecular weight is 257 g/mol. The molecule has 0 aromatic heterocycles. The van der Waals surface area contributed by atoms with Crippen LogP contribution in [0.3, 0.4) is 0 Å². The third kappa shape index (κ3) is 2.35. The number of hydrogen-bond acceptors (Lipinski definition) is 5. The van der Waals surface area contributed by atoms with Crippen LogP contribution in [0.2, 0.25) is 0 Å². The van der Waals surface area contributed by atoms with E-state index in [1.165, 1.54) is 21.0 Å². The molecule has 1 heterocycles. The summed E-state index contributed by atoms with van der Waals surface area (Å²) in [5.41, 5.74) is 0.266. The second-order valence-corrected chi connectivity index (χ2v) is 3.99. The van der Waals surface area contributed by atoms with Crippen molar-refractivity contribution in [2.24, 2.45) is 0 Å². The number of β-lactam (4-membered cyclic amide) rings is 1. The van der Waals surface area contributed by atoms with Gasteiger partial charge in [-0.15, -0.1) is 0 Å². The van der Waals surface area contributed by atoms with Gasteiger partial charge in [0.05, 0.1) is 0 Å². The predicted molar refractivity (Wildman–Crippen MR) is 59.4 cm³/mol. The van der Waals surface area contributed by atoms with Crippen molar-refractivity contribution in [1.29, 1.82) is 0 Å². The van der Waals surface area contributed by atoms with Gasteiger partial charge in [-0.3, -0.25) is 14.5 Å². The molecule has 0 bridgehead atoms. The van der Waals surface area contributed by atoms with Crippen molar-refractivity contribution in [2.45, 2.75) is 32.2 Å². The molecule has 1 fully saturated rings. The largest absolute Gasteiger partial charge is 0.479 e. The smallest absolute Gasteiger partial charge is 0.330 e. The first-order valence-corrected chi connectivity index (χ1v) is 5.21. The fraction of sp³-hybridized carbons (Fsp3) is 0.545. The Kier molecular flexibility index (Phi) is 4.07. The molecular weight excluding hydrogens is 242 g/mol. The van der Waals surface area contributed by atoms with Gasteiger partial charge in [0, 0.05) is 14.0 Å². The van der Waals surface area contributed by atoms with Crippen LogP contribution in [0.15, 0.2) is 12.2 Å². The molecule has 7 heteroatoms. The molecule has 0 radical (unpaired) electrons. The van der Waals surface area contributed by atoms with Crippen LogP contribution in [0.25, 0.3) is 0 Å². The fourth-order valence-electron chi connectivity index (χ4n) is 1.81. The molecule has 0 aromatic rings. The Morgan fingerprint density at radius 2 is 2.00 bits per heavy atom. The fourth-order valence-corrected chi connectivity index (χ4v) is 1.81. The molecule has 1 unspecified atom stereocenters. The summed E-state index contributed by atoms with van der Waals surface area (Å²) in [7, 11) is 1.28. The van der Waals surface area contributed by atoms with E-state index in [0.29, 0.717) is 0 Å². The van der Waals surface area contributed by atoms with Gasteiger partial charge in [-0.2, -0.15) is 0 Å². The zero-order chi connectivity index (χ0) is 14.0. The minimum atomic E-state index is -1.23. The summed E-state index contributed by atoms with van der Waals surface area (Å²) in [4.78, 5) is 34.7. The molecule has 1 amide bonds. The van der Waals surface area contributed by atoms with Crippen molar-refractivity contribution < 1.29 is 29.0 Å². The molecule has 1 aliphatic rings. The summed E-state index contributed by atoms with van der Waals surface area (Å²) in [6.07, 6.45) is -1.99. The van der Waals surface area contributed by atoms with Crippen molar-refractivity contribution in [1.82, 2.24) is 4.90 Å². The van der Waals surface area contributed by atoms with E-state index in [0.717, 1.165) is 4.90 Å². The molecule has 0 saturated carbocycles. The zero-order valence-electron chi connectivity index (χ0n) is 10.4. The highest BCUT2D eigenvalue weighted by Crippen LogP contribution is 2.29. The van der Waals surface area contributed by atoms with Gasteiger partial charge in [0.25, 0.3) is 5.91 Å². The van der Waals surface area contributed by atoms with Crippen molar-refractivity contribution >= 4 is 17.8 Å². The lowest BCUT2D eigenvalue weighted by atomic mass is 9.99. The number of esters is 1. The number of nitrogens with zero attached hydrogens (tertiary/aromatic N) is 1. The Morgan fingerprint density at radius 1 is 1.44 bits per heavy atom. The Labute approximate surface area is 104 Å². The van der Waals surface area contributed by atoms with Crippen molar-refractivity contribution in [2.75, 3.05) is 7.11 Å². The van der Waals surface area contributed by atoms with Gasteiger partial charge in [-0.1, -0.05) is 6.58 Å². The third-order valence-corrected chi connectivity index (χ3v) is 2.55. The van der Waals surface area contributed by atoms with Gasteiger partial charge in [0.15, 0.2) is 12.1 Å². The third-order valence-electron chi connectivity index (χ3n) is 2.55. The molecule has 0 spiro atoms. The maximum atomic E-state index is 11.7. The molecule has 18 heavy (non-hydrogen) atoms. The molecule has 0 aliphatic carbocycles. The number of aliphatic carboxylic acids is 1. The van der Waals surface area contributed by atoms with Gasteiger partial charge >= 0.3 is 11.9 Å². The topological polar surface area (TPSA) is 93.1 Å². The lowest BCUT2D eigenvalue weighted by Gasteiger charge is -2.47. The first kappa shape index (κ1) is 14.2. The van der Waals surface area contributed by atoms with Crippen LogP contribution < -0.4 is 0 Å². The van der Waals surface area contributed by atoms with Crippen molar-refractivity contribution in [3.05, 3.63) is 12.2 Å². The van der Waals surface area contributed by atoms with Crippen molar-refractivity contribution in [3.63, 3.8) is 0 Å². The number of rotatable bonds is 5. The molecule has 1 rings (SSSR count).